The van der Waals surface area contributed by atoms with E-state index in [1.165, 1.54) is 43.4 Å². The fourth-order valence-electron chi connectivity index (χ4n) is 10.3. The number of nitrogens with zero attached hydrogens (tertiary/aromatic N) is 8. The van der Waals surface area contributed by atoms with Crippen molar-refractivity contribution in [2.75, 3.05) is 75.2 Å². The third-order valence-electron chi connectivity index (χ3n) is 14.1. The molecule has 0 bridgehead atoms. The zero-order valence-corrected chi connectivity index (χ0v) is 34.5. The average molecular weight is 819 g/mol. The molecule has 2 unspecified atom stereocenters. The van der Waals surface area contributed by atoms with Crippen molar-refractivity contribution in [1.82, 2.24) is 40.2 Å². The van der Waals surface area contributed by atoms with Gasteiger partial charge in [-0.05, 0) is 100.0 Å². The Morgan fingerprint density at radius 1 is 0.817 bits per heavy atom. The Morgan fingerprint density at radius 2 is 1.52 bits per heavy atom. The van der Waals surface area contributed by atoms with Crippen molar-refractivity contribution >= 4 is 40.1 Å². The average Bonchev–Trinajstić information content (AvgIpc) is 3.96. The molecule has 14 nitrogen and oxygen atoms in total. The molecular weight excluding hydrogens is 764 g/mol. The van der Waals surface area contributed by atoms with Crippen LogP contribution in [0.2, 0.25) is 0 Å². The van der Waals surface area contributed by atoms with Gasteiger partial charge < -0.3 is 19.4 Å². The molecule has 15 heteroatoms. The van der Waals surface area contributed by atoms with Crippen molar-refractivity contribution in [3.63, 3.8) is 0 Å². The highest BCUT2D eigenvalue weighted by atomic mass is 19.1. The molecule has 3 amide bonds. The Kier molecular flexibility index (Phi) is 10.6. The molecule has 0 spiro atoms. The summed E-state index contributed by atoms with van der Waals surface area (Å²) >= 11 is 0. The number of hydrogen-bond acceptors (Lipinski definition) is 11. The Labute approximate surface area is 349 Å². The van der Waals surface area contributed by atoms with Crippen LogP contribution in [0.15, 0.2) is 42.7 Å². The monoisotopic (exact) mass is 818 g/mol. The van der Waals surface area contributed by atoms with E-state index in [0.29, 0.717) is 28.7 Å². The number of carbonyl (C=O) groups excluding carboxylic acids is 3. The normalized spacial score (nSPS) is 24.9. The van der Waals surface area contributed by atoms with Crippen LogP contribution >= 0.6 is 0 Å². The fraction of sp³-hybridized carbons (Fsp3) is 0.556. The Morgan fingerprint density at radius 3 is 2.20 bits per heavy atom. The van der Waals surface area contributed by atoms with Gasteiger partial charge in [0.15, 0.2) is 5.82 Å². The number of halogens is 1. The number of piperazine rings is 2. The molecule has 4 aromatic rings. The highest BCUT2D eigenvalue weighted by Crippen LogP contribution is 2.37. The first-order valence-electron chi connectivity index (χ1n) is 22.1. The maximum atomic E-state index is 16.0. The van der Waals surface area contributed by atoms with Crippen molar-refractivity contribution in [3.05, 3.63) is 59.7 Å². The maximum absolute atomic E-state index is 16.0. The minimum atomic E-state index is -0.753. The highest BCUT2D eigenvalue weighted by molar-refractivity contribution is 6.05. The van der Waals surface area contributed by atoms with Crippen molar-refractivity contribution < 1.29 is 23.5 Å². The molecule has 6 aliphatic rings. The van der Waals surface area contributed by atoms with Gasteiger partial charge in [-0.2, -0.15) is 5.10 Å². The van der Waals surface area contributed by atoms with Gasteiger partial charge >= 0.3 is 0 Å². The van der Waals surface area contributed by atoms with Crippen molar-refractivity contribution in [1.29, 1.82) is 0 Å². The van der Waals surface area contributed by atoms with Crippen LogP contribution < -0.4 is 19.9 Å². The molecule has 3 saturated heterocycles. The molecule has 2 aliphatic carbocycles. The van der Waals surface area contributed by atoms with E-state index in [-0.39, 0.29) is 43.1 Å². The third-order valence-corrected chi connectivity index (χ3v) is 14.1. The second-order valence-corrected chi connectivity index (χ2v) is 18.0. The standard InChI is InChI=1S/C45H55FN10O4/c1-28(31-6-7-31)60-32-8-10-36-34(22-32)43(51-50-36)37-23-40(48-27-47-37)55-20-16-53(17-21-55)25-30-4-2-29(3-5-30)24-52-14-18-54(19-15-52)38-11-9-33-35(42(38)46)26-56(45(33)59)39-12-13-41(57)49-44(39)58/h8-11,22-23,27-31,39H,2-7,12-21,24-26H2,1H3,(H,50,51)(H,49,57,58)/t28?,29-,30-,39?. The first-order chi connectivity index (χ1) is 29.2. The van der Waals surface area contributed by atoms with Crippen LogP contribution in [0.5, 0.6) is 5.75 Å². The van der Waals surface area contributed by atoms with Gasteiger partial charge in [0.25, 0.3) is 5.91 Å². The highest BCUT2D eigenvalue weighted by Gasteiger charge is 2.41. The van der Waals surface area contributed by atoms with E-state index < -0.39 is 11.9 Å². The summed E-state index contributed by atoms with van der Waals surface area (Å²) in [7, 11) is 0. The van der Waals surface area contributed by atoms with E-state index >= 15 is 4.39 Å². The number of nitrogens with one attached hydrogen (secondary N) is 2. The fourth-order valence-corrected chi connectivity index (χ4v) is 10.3. The van der Waals surface area contributed by atoms with Gasteiger partial charge in [0, 0.05) is 94.4 Å². The van der Waals surface area contributed by atoms with Crippen LogP contribution in [0.25, 0.3) is 22.3 Å². The summed E-state index contributed by atoms with van der Waals surface area (Å²) in [6.07, 6.45) is 9.83. The van der Waals surface area contributed by atoms with Gasteiger partial charge in [0.1, 0.15) is 29.6 Å². The number of H-pyrrole nitrogens is 1. The van der Waals surface area contributed by atoms with Crippen LogP contribution in [0.4, 0.5) is 15.9 Å². The molecule has 10 rings (SSSR count). The number of carbonyl (C=O) groups is 3. The summed E-state index contributed by atoms with van der Waals surface area (Å²) < 4.78 is 22.2. The SMILES string of the molecule is CC(Oc1ccc2[nH]nc(-c3cc(N4CCN(C[C@H]5CC[C@H](CN6CCN(c7ccc8c(c7F)CN(C7CCC(=O)NC7=O)C8=O)CC6)CC5)CC4)ncn3)c2c1)C1CC1. The summed E-state index contributed by atoms with van der Waals surface area (Å²) in [5.74, 6) is 2.35. The van der Waals surface area contributed by atoms with E-state index in [4.69, 9.17) is 4.74 Å². The van der Waals surface area contributed by atoms with Crippen LogP contribution in [0, 0.1) is 23.6 Å². The van der Waals surface area contributed by atoms with Crippen molar-refractivity contribution in [3.8, 4) is 17.1 Å². The Hall–Kier alpha value is -5.15. The van der Waals surface area contributed by atoms with Crippen molar-refractivity contribution in [2.24, 2.45) is 17.8 Å². The number of piperidine rings is 1. The summed E-state index contributed by atoms with van der Waals surface area (Å²) in [6.45, 7) is 11.6. The van der Waals surface area contributed by atoms with Crippen LogP contribution in [-0.4, -0.2) is 130 Å². The second-order valence-electron chi connectivity index (χ2n) is 18.0. The molecule has 0 radical (unpaired) electrons. The van der Waals surface area contributed by atoms with E-state index in [1.54, 1.807) is 18.5 Å². The van der Waals surface area contributed by atoms with Gasteiger partial charge in [-0.1, -0.05) is 0 Å². The van der Waals surface area contributed by atoms with Gasteiger partial charge in [-0.25, -0.2) is 14.4 Å². The third kappa shape index (κ3) is 7.93. The van der Waals surface area contributed by atoms with E-state index in [9.17, 15) is 14.4 Å². The predicted octanol–water partition coefficient (Wildman–Crippen LogP) is 4.85. The molecule has 2 aromatic heterocycles. The molecule has 2 N–H and O–H groups in total. The number of benzene rings is 2. The molecule has 60 heavy (non-hydrogen) atoms. The molecule has 5 fully saturated rings. The molecule has 316 valence electrons. The lowest BCUT2D eigenvalue weighted by Crippen LogP contribution is -2.52. The lowest BCUT2D eigenvalue weighted by atomic mass is 9.81. The molecule has 2 aromatic carbocycles. The number of rotatable bonds is 11. The lowest BCUT2D eigenvalue weighted by molar-refractivity contribution is -0.136. The van der Waals surface area contributed by atoms with E-state index in [1.807, 2.05) is 12.1 Å². The summed E-state index contributed by atoms with van der Waals surface area (Å²) in [5.41, 5.74) is 3.78. The number of fused-ring (bicyclic) bond motifs is 2. The first-order valence-corrected chi connectivity index (χ1v) is 22.1. The summed E-state index contributed by atoms with van der Waals surface area (Å²) in [4.78, 5) is 57.6. The minimum Gasteiger partial charge on any atom is -0.490 e. The van der Waals surface area contributed by atoms with Crippen LogP contribution in [-0.2, 0) is 16.1 Å². The quantitative estimate of drug-likeness (QED) is 0.201. The zero-order chi connectivity index (χ0) is 40.9. The second kappa shape index (κ2) is 16.4. The van der Waals surface area contributed by atoms with Gasteiger partial charge in [0.05, 0.1) is 29.5 Å². The molecule has 2 atom stereocenters. The summed E-state index contributed by atoms with van der Waals surface area (Å²) in [5, 5.41) is 11.1. The van der Waals surface area contributed by atoms with Crippen LogP contribution in [0.1, 0.15) is 74.2 Å². The van der Waals surface area contributed by atoms with E-state index in [0.717, 1.165) is 105 Å². The maximum Gasteiger partial charge on any atom is 0.255 e. The largest absolute Gasteiger partial charge is 0.490 e. The van der Waals surface area contributed by atoms with E-state index in [2.05, 4.69) is 64.1 Å². The van der Waals surface area contributed by atoms with Crippen LogP contribution in [0.3, 0.4) is 0 Å². The molecule has 4 aliphatic heterocycles. The zero-order valence-electron chi connectivity index (χ0n) is 34.5. The molecule has 2 saturated carbocycles. The molecular formula is C45H55FN10O4. The number of amides is 3. The topological polar surface area (TPSA) is 143 Å². The Bertz CT molecular complexity index is 2260. The number of aromatic amines is 1. The lowest BCUT2D eigenvalue weighted by Gasteiger charge is -2.40. The number of aromatic nitrogens is 4. The number of hydrogen-bond donors (Lipinski definition) is 2. The minimum absolute atomic E-state index is 0.0470. The van der Waals surface area contributed by atoms with Gasteiger partial charge in [-0.15, -0.1) is 0 Å². The molecule has 6 heterocycles. The number of ether oxygens (including phenoxy) is 1. The first kappa shape index (κ1) is 39.0. The predicted molar refractivity (Wildman–Crippen MR) is 225 cm³/mol. The number of anilines is 2. The Balaban J connectivity index is 0.665. The van der Waals surface area contributed by atoms with Gasteiger partial charge in [0.2, 0.25) is 11.8 Å². The van der Waals surface area contributed by atoms with Gasteiger partial charge in [-0.3, -0.25) is 34.6 Å². The van der Waals surface area contributed by atoms with Crippen molar-refractivity contribution in [2.45, 2.75) is 77.0 Å². The summed E-state index contributed by atoms with van der Waals surface area (Å²) in [6, 6.07) is 10.9. The number of imide groups is 1. The smallest absolute Gasteiger partial charge is 0.255 e.